The summed E-state index contributed by atoms with van der Waals surface area (Å²) >= 11 is 2.51. The number of aliphatic carboxylic acids is 1. The summed E-state index contributed by atoms with van der Waals surface area (Å²) in [6, 6.07) is 7.30. The monoisotopic (exact) mass is 511 g/mol. The molecule has 35 heavy (non-hydrogen) atoms. The predicted octanol–water partition coefficient (Wildman–Crippen LogP) is 3.52. The van der Waals surface area contributed by atoms with Gasteiger partial charge in [0.05, 0.1) is 23.4 Å². The molecule has 0 spiro atoms. The second-order valence-electron chi connectivity index (χ2n) is 7.88. The summed E-state index contributed by atoms with van der Waals surface area (Å²) in [7, 11) is 0. The van der Waals surface area contributed by atoms with E-state index in [-0.39, 0.29) is 30.0 Å². The van der Waals surface area contributed by atoms with E-state index in [0.717, 1.165) is 46.9 Å². The summed E-state index contributed by atoms with van der Waals surface area (Å²) in [6.45, 7) is 1.74. The number of hydrogen-bond donors (Lipinski definition) is 2. The van der Waals surface area contributed by atoms with E-state index in [0.29, 0.717) is 27.2 Å². The molecule has 3 heterocycles. The first kappa shape index (κ1) is 23.2. The second-order valence-corrected chi connectivity index (χ2v) is 9.93. The SMILES string of the molecule is CCOC(=O)c1c(NC(=O)CSc2nnc3c4ccccc4n(CC(=O)O)c3n2)sc2c1CCC2. The fourth-order valence-electron chi connectivity index (χ4n) is 4.25. The van der Waals surface area contributed by atoms with Crippen LogP contribution >= 0.6 is 23.1 Å². The topological polar surface area (TPSA) is 136 Å². The molecule has 0 bridgehead atoms. The number of ether oxygens (including phenoxy) is 1. The number of aromatic nitrogens is 4. The van der Waals surface area contributed by atoms with Crippen molar-refractivity contribution in [1.82, 2.24) is 19.7 Å². The number of hydrogen-bond acceptors (Lipinski definition) is 9. The summed E-state index contributed by atoms with van der Waals surface area (Å²) in [5, 5.41) is 22.1. The third-order valence-electron chi connectivity index (χ3n) is 5.63. The molecular weight excluding hydrogens is 490 g/mol. The molecule has 2 N–H and O–H groups in total. The Morgan fingerprint density at radius 3 is 2.86 bits per heavy atom. The van der Waals surface area contributed by atoms with Crippen LogP contribution in [0.5, 0.6) is 0 Å². The number of benzene rings is 1. The van der Waals surface area contributed by atoms with Gasteiger partial charge in [0.15, 0.2) is 5.65 Å². The van der Waals surface area contributed by atoms with E-state index in [1.165, 1.54) is 11.3 Å². The molecule has 0 aliphatic heterocycles. The van der Waals surface area contributed by atoms with E-state index < -0.39 is 11.9 Å². The van der Waals surface area contributed by atoms with E-state index >= 15 is 0 Å². The number of nitrogens with one attached hydrogen (secondary N) is 1. The smallest absolute Gasteiger partial charge is 0.341 e. The number of para-hydroxylation sites is 1. The quantitative estimate of drug-likeness (QED) is 0.269. The maximum Gasteiger partial charge on any atom is 0.341 e. The standard InChI is InChI=1S/C23H21N5O5S2/c1-2-33-22(32)18-13-7-5-9-15(13)35-21(18)24-16(29)11-34-23-25-20-19(26-27-23)12-6-3-4-8-14(12)28(20)10-17(30)31/h3-4,6,8H,2,5,7,9-11H2,1H3,(H,24,29)(H,30,31). The third kappa shape index (κ3) is 4.46. The van der Waals surface area contributed by atoms with E-state index in [2.05, 4.69) is 20.5 Å². The zero-order valence-corrected chi connectivity index (χ0v) is 20.4. The predicted molar refractivity (Wildman–Crippen MR) is 132 cm³/mol. The van der Waals surface area contributed by atoms with Crippen LogP contribution in [-0.4, -0.2) is 55.1 Å². The molecule has 1 amide bonds. The number of carbonyl (C=O) groups excluding carboxylic acids is 2. The minimum absolute atomic E-state index is 0.00280. The molecule has 0 fully saturated rings. The van der Waals surface area contributed by atoms with Crippen LogP contribution in [0.1, 0.15) is 34.1 Å². The Bertz CT molecular complexity index is 1480. The van der Waals surface area contributed by atoms with Crippen LogP contribution in [0.15, 0.2) is 29.4 Å². The lowest BCUT2D eigenvalue weighted by Gasteiger charge is -2.08. The van der Waals surface area contributed by atoms with Gasteiger partial charge in [-0.25, -0.2) is 9.78 Å². The van der Waals surface area contributed by atoms with E-state index in [9.17, 15) is 19.5 Å². The number of anilines is 1. The Morgan fingerprint density at radius 2 is 2.06 bits per heavy atom. The number of esters is 1. The Kier molecular flexibility index (Phi) is 6.39. The van der Waals surface area contributed by atoms with Crippen LogP contribution in [0.25, 0.3) is 22.1 Å². The zero-order valence-electron chi connectivity index (χ0n) is 18.7. The second kappa shape index (κ2) is 9.62. The van der Waals surface area contributed by atoms with Crippen molar-refractivity contribution >= 4 is 68.0 Å². The molecule has 4 aromatic rings. The van der Waals surface area contributed by atoms with Gasteiger partial charge in [0, 0.05) is 10.3 Å². The van der Waals surface area contributed by atoms with Crippen molar-refractivity contribution in [1.29, 1.82) is 0 Å². The largest absolute Gasteiger partial charge is 0.480 e. The minimum Gasteiger partial charge on any atom is -0.480 e. The molecule has 0 radical (unpaired) electrons. The number of carboxylic acids is 1. The Balaban J connectivity index is 1.36. The Labute approximate surface area is 207 Å². The minimum atomic E-state index is -1.000. The summed E-state index contributed by atoms with van der Waals surface area (Å²) in [5.41, 5.74) is 3.03. The van der Waals surface area contributed by atoms with Gasteiger partial charge in [-0.15, -0.1) is 21.5 Å². The van der Waals surface area contributed by atoms with Crippen molar-refractivity contribution in [2.75, 3.05) is 17.7 Å². The maximum atomic E-state index is 12.7. The summed E-state index contributed by atoms with van der Waals surface area (Å²) < 4.78 is 6.78. The number of carboxylic acid groups (broad SMARTS) is 1. The lowest BCUT2D eigenvalue weighted by Crippen LogP contribution is -2.17. The van der Waals surface area contributed by atoms with E-state index in [1.54, 1.807) is 17.6 Å². The Morgan fingerprint density at radius 1 is 1.23 bits per heavy atom. The summed E-state index contributed by atoms with van der Waals surface area (Å²) in [6.07, 6.45) is 2.68. The number of carbonyl (C=O) groups is 3. The molecule has 1 aliphatic carbocycles. The number of nitrogens with zero attached hydrogens (tertiary/aromatic N) is 4. The van der Waals surface area contributed by atoms with Crippen molar-refractivity contribution in [2.45, 2.75) is 37.9 Å². The van der Waals surface area contributed by atoms with Gasteiger partial charge in [-0.05, 0) is 37.8 Å². The number of amides is 1. The maximum absolute atomic E-state index is 12.7. The fraction of sp³-hybridized carbons (Fsp3) is 0.304. The van der Waals surface area contributed by atoms with Gasteiger partial charge in [-0.3, -0.25) is 9.59 Å². The molecule has 1 aliphatic rings. The van der Waals surface area contributed by atoms with Gasteiger partial charge in [-0.2, -0.15) is 0 Å². The molecule has 0 saturated heterocycles. The highest BCUT2D eigenvalue weighted by molar-refractivity contribution is 7.99. The van der Waals surface area contributed by atoms with Gasteiger partial charge in [0.25, 0.3) is 0 Å². The molecule has 0 saturated carbocycles. The van der Waals surface area contributed by atoms with Crippen molar-refractivity contribution < 1.29 is 24.2 Å². The summed E-state index contributed by atoms with van der Waals surface area (Å²) in [5.74, 6) is -1.73. The normalized spacial score (nSPS) is 12.7. The number of rotatable bonds is 8. The van der Waals surface area contributed by atoms with E-state index in [4.69, 9.17) is 4.74 Å². The average molecular weight is 512 g/mol. The Hall–Kier alpha value is -3.51. The number of fused-ring (bicyclic) bond motifs is 4. The first-order chi connectivity index (χ1) is 17.0. The molecule has 5 rings (SSSR count). The van der Waals surface area contributed by atoms with Crippen molar-refractivity contribution in [3.63, 3.8) is 0 Å². The van der Waals surface area contributed by atoms with Crippen LogP contribution < -0.4 is 5.32 Å². The third-order valence-corrected chi connectivity index (χ3v) is 7.68. The lowest BCUT2D eigenvalue weighted by atomic mass is 10.1. The van der Waals surface area contributed by atoms with Crippen molar-refractivity contribution in [3.8, 4) is 0 Å². The van der Waals surface area contributed by atoms with Crippen molar-refractivity contribution in [2.24, 2.45) is 0 Å². The first-order valence-electron chi connectivity index (χ1n) is 11.0. The summed E-state index contributed by atoms with van der Waals surface area (Å²) in [4.78, 5) is 42.3. The van der Waals surface area contributed by atoms with Gasteiger partial charge in [0.2, 0.25) is 11.1 Å². The van der Waals surface area contributed by atoms with Crippen LogP contribution in [0.3, 0.4) is 0 Å². The molecule has 0 atom stereocenters. The highest BCUT2D eigenvalue weighted by Gasteiger charge is 2.28. The van der Waals surface area contributed by atoms with Crippen molar-refractivity contribution in [3.05, 3.63) is 40.3 Å². The molecule has 12 heteroatoms. The van der Waals surface area contributed by atoms with Gasteiger partial charge in [0.1, 0.15) is 17.1 Å². The van der Waals surface area contributed by atoms with Crippen LogP contribution in [0.2, 0.25) is 0 Å². The highest BCUT2D eigenvalue weighted by Crippen LogP contribution is 2.39. The molecule has 1 aromatic carbocycles. The van der Waals surface area contributed by atoms with Gasteiger partial charge < -0.3 is 19.7 Å². The molecule has 3 aromatic heterocycles. The van der Waals surface area contributed by atoms with Gasteiger partial charge >= 0.3 is 11.9 Å². The molecule has 10 nitrogen and oxygen atoms in total. The number of thiophene rings is 1. The van der Waals surface area contributed by atoms with Crippen LogP contribution in [-0.2, 0) is 33.7 Å². The number of thioether (sulfide) groups is 1. The van der Waals surface area contributed by atoms with Crippen LogP contribution in [0, 0.1) is 0 Å². The van der Waals surface area contributed by atoms with Gasteiger partial charge in [-0.1, -0.05) is 30.0 Å². The molecular formula is C23H21N5O5S2. The first-order valence-corrected chi connectivity index (χ1v) is 12.8. The lowest BCUT2D eigenvalue weighted by molar-refractivity contribution is -0.137. The average Bonchev–Trinajstić information content (AvgIpc) is 3.50. The number of aryl methyl sites for hydroxylation is 1. The highest BCUT2D eigenvalue weighted by atomic mass is 32.2. The molecule has 180 valence electrons. The van der Waals surface area contributed by atoms with Crippen LogP contribution in [0.4, 0.5) is 5.00 Å². The zero-order chi connectivity index (χ0) is 24.5. The molecule has 0 unspecified atom stereocenters. The van der Waals surface area contributed by atoms with E-state index in [1.807, 2.05) is 18.2 Å². The fourth-order valence-corrected chi connectivity index (χ4v) is 6.13.